The summed E-state index contributed by atoms with van der Waals surface area (Å²) >= 11 is 0. The van der Waals surface area contributed by atoms with E-state index in [4.69, 9.17) is 0 Å². The maximum absolute atomic E-state index is 12.2. The van der Waals surface area contributed by atoms with Gasteiger partial charge in [0, 0.05) is 32.3 Å². The standard InChI is InChI=1S/C16H25N3O/c1-4-17-14-6-5-13(11-18-14)12-19-10-9-16(2,3)8-7-15(19)20/h5-6,11H,4,7-10,12H2,1-3H3,(H,17,18). The van der Waals surface area contributed by atoms with Crippen LogP contribution in [-0.4, -0.2) is 28.9 Å². The molecule has 1 saturated heterocycles. The second kappa shape index (κ2) is 6.25. The SMILES string of the molecule is CCNc1ccc(CN2CCC(C)(C)CCC2=O)cn1. The summed E-state index contributed by atoms with van der Waals surface area (Å²) in [6, 6.07) is 4.03. The lowest BCUT2D eigenvalue weighted by atomic mass is 9.85. The molecule has 1 fully saturated rings. The lowest BCUT2D eigenvalue weighted by Gasteiger charge is -2.23. The Kier molecular flexibility index (Phi) is 4.63. The summed E-state index contributed by atoms with van der Waals surface area (Å²) < 4.78 is 0. The Bertz CT molecular complexity index is 453. The number of anilines is 1. The Hall–Kier alpha value is -1.58. The number of nitrogens with one attached hydrogen (secondary N) is 1. The molecule has 1 N–H and O–H groups in total. The van der Waals surface area contributed by atoms with E-state index in [1.165, 1.54) is 0 Å². The lowest BCUT2D eigenvalue weighted by Crippen LogP contribution is -2.30. The Balaban J connectivity index is 1.99. The molecular weight excluding hydrogens is 250 g/mol. The van der Waals surface area contributed by atoms with E-state index in [9.17, 15) is 4.79 Å². The first-order valence-corrected chi connectivity index (χ1v) is 7.47. The molecule has 0 spiro atoms. The summed E-state index contributed by atoms with van der Waals surface area (Å²) in [5.74, 6) is 1.16. The van der Waals surface area contributed by atoms with Gasteiger partial charge in [-0.2, -0.15) is 0 Å². The van der Waals surface area contributed by atoms with Gasteiger partial charge in [0.1, 0.15) is 5.82 Å². The zero-order valence-corrected chi connectivity index (χ0v) is 12.8. The van der Waals surface area contributed by atoms with Crippen molar-refractivity contribution in [2.24, 2.45) is 5.41 Å². The van der Waals surface area contributed by atoms with Crippen molar-refractivity contribution in [3.63, 3.8) is 0 Å². The Morgan fingerprint density at radius 3 is 2.80 bits per heavy atom. The fourth-order valence-corrected chi connectivity index (χ4v) is 2.48. The zero-order valence-electron chi connectivity index (χ0n) is 12.8. The quantitative estimate of drug-likeness (QED) is 0.918. The van der Waals surface area contributed by atoms with Gasteiger partial charge in [0.2, 0.25) is 5.91 Å². The summed E-state index contributed by atoms with van der Waals surface area (Å²) in [5, 5.41) is 3.18. The molecule has 0 bridgehead atoms. The molecule has 1 amide bonds. The summed E-state index contributed by atoms with van der Waals surface area (Å²) in [6.07, 6.45) is 4.58. The van der Waals surface area contributed by atoms with E-state index < -0.39 is 0 Å². The van der Waals surface area contributed by atoms with Gasteiger partial charge >= 0.3 is 0 Å². The van der Waals surface area contributed by atoms with E-state index in [-0.39, 0.29) is 11.3 Å². The third-order valence-corrected chi connectivity index (χ3v) is 3.98. The number of carbonyl (C=O) groups excluding carboxylic acids is 1. The molecule has 1 aliphatic heterocycles. The van der Waals surface area contributed by atoms with Gasteiger partial charge in [0.05, 0.1) is 0 Å². The molecule has 20 heavy (non-hydrogen) atoms. The van der Waals surface area contributed by atoms with Crippen molar-refractivity contribution in [2.75, 3.05) is 18.4 Å². The molecule has 2 rings (SSSR count). The highest BCUT2D eigenvalue weighted by Crippen LogP contribution is 2.30. The van der Waals surface area contributed by atoms with E-state index in [1.807, 2.05) is 30.2 Å². The van der Waals surface area contributed by atoms with Crippen LogP contribution in [0, 0.1) is 5.41 Å². The largest absolute Gasteiger partial charge is 0.370 e. The minimum Gasteiger partial charge on any atom is -0.370 e. The monoisotopic (exact) mass is 275 g/mol. The number of pyridine rings is 1. The van der Waals surface area contributed by atoms with Crippen molar-refractivity contribution in [3.05, 3.63) is 23.9 Å². The van der Waals surface area contributed by atoms with Gasteiger partial charge in [-0.3, -0.25) is 4.79 Å². The third-order valence-electron chi connectivity index (χ3n) is 3.98. The van der Waals surface area contributed by atoms with Gasteiger partial charge in [-0.1, -0.05) is 19.9 Å². The number of carbonyl (C=O) groups is 1. The number of hydrogen-bond acceptors (Lipinski definition) is 3. The normalized spacial score (nSPS) is 18.8. The van der Waals surface area contributed by atoms with Crippen LogP contribution in [0.1, 0.15) is 45.6 Å². The minimum atomic E-state index is 0.270. The summed E-state index contributed by atoms with van der Waals surface area (Å²) in [5.41, 5.74) is 1.37. The molecule has 0 radical (unpaired) electrons. The molecule has 0 aliphatic carbocycles. The van der Waals surface area contributed by atoms with E-state index in [0.29, 0.717) is 13.0 Å². The van der Waals surface area contributed by atoms with Gasteiger partial charge < -0.3 is 10.2 Å². The molecule has 1 aromatic heterocycles. The van der Waals surface area contributed by atoms with Crippen molar-refractivity contribution in [3.8, 4) is 0 Å². The van der Waals surface area contributed by atoms with Crippen LogP contribution in [0.15, 0.2) is 18.3 Å². The number of nitrogens with zero attached hydrogens (tertiary/aromatic N) is 2. The molecule has 0 saturated carbocycles. The van der Waals surface area contributed by atoms with Gasteiger partial charge in [-0.15, -0.1) is 0 Å². The fraction of sp³-hybridized carbons (Fsp3) is 0.625. The topological polar surface area (TPSA) is 45.2 Å². The Labute approximate surface area is 121 Å². The van der Waals surface area contributed by atoms with E-state index >= 15 is 0 Å². The van der Waals surface area contributed by atoms with Gasteiger partial charge in [-0.05, 0) is 36.8 Å². The molecule has 1 aliphatic rings. The number of likely N-dealkylation sites (tertiary alicyclic amines) is 1. The first kappa shape index (κ1) is 14.8. The molecule has 0 unspecified atom stereocenters. The average molecular weight is 275 g/mol. The van der Waals surface area contributed by atoms with Crippen molar-refractivity contribution in [1.82, 2.24) is 9.88 Å². The molecular formula is C16H25N3O. The predicted octanol–water partition coefficient (Wildman–Crippen LogP) is 3.05. The Morgan fingerprint density at radius 2 is 2.15 bits per heavy atom. The van der Waals surface area contributed by atoms with Crippen LogP contribution in [0.4, 0.5) is 5.82 Å². The van der Waals surface area contributed by atoms with E-state index in [0.717, 1.165) is 37.3 Å². The van der Waals surface area contributed by atoms with Crippen LogP contribution in [0.25, 0.3) is 0 Å². The summed E-state index contributed by atoms with van der Waals surface area (Å²) in [7, 11) is 0. The molecule has 0 aromatic carbocycles. The smallest absolute Gasteiger partial charge is 0.222 e. The predicted molar refractivity (Wildman–Crippen MR) is 81.4 cm³/mol. The van der Waals surface area contributed by atoms with Gasteiger partial charge in [-0.25, -0.2) is 4.98 Å². The van der Waals surface area contributed by atoms with Crippen molar-refractivity contribution in [2.45, 2.75) is 46.6 Å². The van der Waals surface area contributed by atoms with Crippen LogP contribution >= 0.6 is 0 Å². The number of hydrogen-bond donors (Lipinski definition) is 1. The van der Waals surface area contributed by atoms with Crippen molar-refractivity contribution < 1.29 is 4.79 Å². The average Bonchev–Trinajstić information content (AvgIpc) is 2.54. The zero-order chi connectivity index (χ0) is 14.6. The highest BCUT2D eigenvalue weighted by Gasteiger charge is 2.27. The molecule has 110 valence electrons. The Morgan fingerprint density at radius 1 is 1.35 bits per heavy atom. The van der Waals surface area contributed by atoms with Crippen LogP contribution in [0.5, 0.6) is 0 Å². The number of aromatic nitrogens is 1. The molecule has 1 aromatic rings. The minimum absolute atomic E-state index is 0.270. The molecule has 4 heteroatoms. The van der Waals surface area contributed by atoms with E-state index in [2.05, 4.69) is 24.1 Å². The highest BCUT2D eigenvalue weighted by molar-refractivity contribution is 5.76. The van der Waals surface area contributed by atoms with Crippen LogP contribution in [0.2, 0.25) is 0 Å². The second-order valence-corrected chi connectivity index (χ2v) is 6.31. The van der Waals surface area contributed by atoms with Crippen LogP contribution in [0.3, 0.4) is 0 Å². The first-order chi connectivity index (χ1) is 9.50. The third kappa shape index (κ3) is 3.95. The highest BCUT2D eigenvalue weighted by atomic mass is 16.2. The molecule has 0 atom stereocenters. The van der Waals surface area contributed by atoms with Crippen LogP contribution < -0.4 is 5.32 Å². The van der Waals surface area contributed by atoms with Gasteiger partial charge in [0.25, 0.3) is 0 Å². The van der Waals surface area contributed by atoms with Crippen LogP contribution in [-0.2, 0) is 11.3 Å². The van der Waals surface area contributed by atoms with Crippen molar-refractivity contribution >= 4 is 11.7 Å². The number of rotatable bonds is 4. The first-order valence-electron chi connectivity index (χ1n) is 7.47. The second-order valence-electron chi connectivity index (χ2n) is 6.31. The van der Waals surface area contributed by atoms with Crippen molar-refractivity contribution in [1.29, 1.82) is 0 Å². The fourth-order valence-electron chi connectivity index (χ4n) is 2.48. The van der Waals surface area contributed by atoms with Gasteiger partial charge in [0.15, 0.2) is 0 Å². The van der Waals surface area contributed by atoms with E-state index in [1.54, 1.807) is 0 Å². The molecule has 2 heterocycles. The lowest BCUT2D eigenvalue weighted by molar-refractivity contribution is -0.131. The molecule has 4 nitrogen and oxygen atoms in total. The summed E-state index contributed by atoms with van der Waals surface area (Å²) in [6.45, 7) is 8.93. The maximum Gasteiger partial charge on any atom is 0.222 e. The summed E-state index contributed by atoms with van der Waals surface area (Å²) in [4.78, 5) is 18.5. The maximum atomic E-state index is 12.2. The number of amides is 1.